The molecule has 0 heterocycles. The molecule has 1 aromatic carbocycles. The van der Waals surface area contributed by atoms with Crippen LogP contribution >= 0.6 is 0 Å². The van der Waals surface area contributed by atoms with Crippen molar-refractivity contribution in [2.75, 3.05) is 12.3 Å². The molecule has 1 unspecified atom stereocenters. The van der Waals surface area contributed by atoms with Crippen LogP contribution in [0.4, 0.5) is 5.69 Å². The van der Waals surface area contributed by atoms with Crippen LogP contribution in [0, 0.1) is 12.8 Å². The average molecular weight is 236 g/mol. The van der Waals surface area contributed by atoms with E-state index in [0.29, 0.717) is 11.3 Å². The van der Waals surface area contributed by atoms with Crippen LogP contribution in [-0.4, -0.2) is 18.5 Å². The quantitative estimate of drug-likeness (QED) is 0.598. The van der Waals surface area contributed by atoms with Crippen LogP contribution in [-0.2, 0) is 9.53 Å². The van der Waals surface area contributed by atoms with Crippen molar-refractivity contribution in [3.05, 3.63) is 29.3 Å². The fraction of sp³-hybridized carbons (Fsp3) is 0.333. The number of amides is 1. The molecule has 92 valence electrons. The maximum absolute atomic E-state index is 11.7. The van der Waals surface area contributed by atoms with Crippen molar-refractivity contribution in [2.45, 2.75) is 13.8 Å². The van der Waals surface area contributed by atoms with E-state index in [1.165, 1.54) is 0 Å². The molecule has 0 fully saturated rings. The van der Waals surface area contributed by atoms with Crippen LogP contribution in [0.2, 0.25) is 0 Å². The van der Waals surface area contributed by atoms with E-state index < -0.39 is 17.8 Å². The van der Waals surface area contributed by atoms with E-state index in [2.05, 4.69) is 0 Å². The summed E-state index contributed by atoms with van der Waals surface area (Å²) in [4.78, 5) is 22.5. The molecule has 1 aromatic rings. The summed E-state index contributed by atoms with van der Waals surface area (Å²) in [7, 11) is 0. The number of nitrogen functional groups attached to an aromatic ring is 1. The van der Waals surface area contributed by atoms with Gasteiger partial charge in [0.25, 0.3) is 0 Å². The van der Waals surface area contributed by atoms with Crippen molar-refractivity contribution < 1.29 is 14.3 Å². The Labute approximate surface area is 99.7 Å². The first-order chi connectivity index (χ1) is 7.91. The Morgan fingerprint density at radius 3 is 2.59 bits per heavy atom. The number of esters is 1. The van der Waals surface area contributed by atoms with Crippen molar-refractivity contribution in [2.24, 2.45) is 11.7 Å². The first kappa shape index (κ1) is 13.0. The maximum atomic E-state index is 11.7. The van der Waals surface area contributed by atoms with Gasteiger partial charge in [0.2, 0.25) is 5.91 Å². The van der Waals surface area contributed by atoms with Gasteiger partial charge in [-0.25, -0.2) is 4.79 Å². The molecule has 0 aromatic heterocycles. The lowest BCUT2D eigenvalue weighted by Crippen LogP contribution is -2.26. The summed E-state index contributed by atoms with van der Waals surface area (Å²) in [5, 5.41) is 0. The highest BCUT2D eigenvalue weighted by Crippen LogP contribution is 2.14. The zero-order chi connectivity index (χ0) is 13.0. The summed E-state index contributed by atoms with van der Waals surface area (Å²) in [5.41, 5.74) is 12.4. The zero-order valence-electron chi connectivity index (χ0n) is 9.90. The SMILES string of the molecule is Cc1cc(N)ccc1C(=O)OCC(C)C(N)=O. The highest BCUT2D eigenvalue weighted by molar-refractivity contribution is 5.91. The van der Waals surface area contributed by atoms with Gasteiger partial charge < -0.3 is 16.2 Å². The van der Waals surface area contributed by atoms with Crippen molar-refractivity contribution >= 4 is 17.6 Å². The summed E-state index contributed by atoms with van der Waals surface area (Å²) < 4.78 is 4.99. The van der Waals surface area contributed by atoms with Gasteiger partial charge in [-0.15, -0.1) is 0 Å². The van der Waals surface area contributed by atoms with Crippen LogP contribution in [0.1, 0.15) is 22.8 Å². The summed E-state index contributed by atoms with van der Waals surface area (Å²) in [6, 6.07) is 4.91. The van der Waals surface area contributed by atoms with Gasteiger partial charge >= 0.3 is 5.97 Å². The smallest absolute Gasteiger partial charge is 0.338 e. The third-order valence-electron chi connectivity index (χ3n) is 2.42. The summed E-state index contributed by atoms with van der Waals surface area (Å²) in [5.74, 6) is -1.46. The van der Waals surface area contributed by atoms with Gasteiger partial charge in [-0.3, -0.25) is 4.79 Å². The lowest BCUT2D eigenvalue weighted by atomic mass is 10.1. The number of carbonyl (C=O) groups is 2. The van der Waals surface area contributed by atoms with Crippen LogP contribution in [0.25, 0.3) is 0 Å². The second kappa shape index (κ2) is 5.34. The van der Waals surface area contributed by atoms with Gasteiger partial charge in [0, 0.05) is 5.69 Å². The molecule has 1 atom stereocenters. The van der Waals surface area contributed by atoms with Crippen molar-refractivity contribution in [1.29, 1.82) is 0 Å². The lowest BCUT2D eigenvalue weighted by molar-refractivity contribution is -0.122. The van der Waals surface area contributed by atoms with E-state index in [4.69, 9.17) is 16.2 Å². The molecule has 0 aliphatic rings. The number of rotatable bonds is 4. The minimum absolute atomic E-state index is 0.0159. The second-order valence-corrected chi connectivity index (χ2v) is 3.98. The van der Waals surface area contributed by atoms with Crippen molar-refractivity contribution in [1.82, 2.24) is 0 Å². The van der Waals surface area contributed by atoms with E-state index in [9.17, 15) is 9.59 Å². The highest BCUT2D eigenvalue weighted by Gasteiger charge is 2.14. The van der Waals surface area contributed by atoms with Gasteiger partial charge in [0.1, 0.15) is 6.61 Å². The molecule has 0 bridgehead atoms. The number of hydrogen-bond acceptors (Lipinski definition) is 4. The van der Waals surface area contributed by atoms with E-state index in [0.717, 1.165) is 5.56 Å². The molecule has 0 radical (unpaired) electrons. The standard InChI is InChI=1S/C12H16N2O3/c1-7-5-9(13)3-4-10(7)12(16)17-6-8(2)11(14)15/h3-5,8H,6,13H2,1-2H3,(H2,14,15). The number of nitrogens with two attached hydrogens (primary N) is 2. The third kappa shape index (κ3) is 3.48. The third-order valence-corrected chi connectivity index (χ3v) is 2.42. The van der Waals surface area contributed by atoms with Gasteiger partial charge in [-0.1, -0.05) is 6.92 Å². The molecule has 5 heteroatoms. The number of hydrogen-bond donors (Lipinski definition) is 2. The zero-order valence-corrected chi connectivity index (χ0v) is 9.90. The molecule has 5 nitrogen and oxygen atoms in total. The number of carbonyl (C=O) groups excluding carboxylic acids is 2. The maximum Gasteiger partial charge on any atom is 0.338 e. The van der Waals surface area contributed by atoms with Gasteiger partial charge in [0.05, 0.1) is 11.5 Å². The van der Waals surface area contributed by atoms with Crippen LogP contribution in [0.15, 0.2) is 18.2 Å². The van der Waals surface area contributed by atoms with Crippen LogP contribution < -0.4 is 11.5 Å². The Morgan fingerprint density at radius 1 is 1.41 bits per heavy atom. The Morgan fingerprint density at radius 2 is 2.06 bits per heavy atom. The Balaban J connectivity index is 2.67. The Bertz CT molecular complexity index is 443. The molecule has 4 N–H and O–H groups in total. The summed E-state index contributed by atoms with van der Waals surface area (Å²) in [6.07, 6.45) is 0. The molecule has 0 saturated carbocycles. The first-order valence-electron chi connectivity index (χ1n) is 5.24. The normalized spacial score (nSPS) is 11.9. The monoisotopic (exact) mass is 236 g/mol. The largest absolute Gasteiger partial charge is 0.461 e. The molecular formula is C12H16N2O3. The number of primary amides is 1. The van der Waals surface area contributed by atoms with Crippen molar-refractivity contribution in [3.63, 3.8) is 0 Å². The fourth-order valence-corrected chi connectivity index (χ4v) is 1.28. The molecule has 0 aliphatic heterocycles. The van der Waals surface area contributed by atoms with Gasteiger partial charge in [-0.2, -0.15) is 0 Å². The fourth-order valence-electron chi connectivity index (χ4n) is 1.28. The first-order valence-corrected chi connectivity index (χ1v) is 5.24. The minimum Gasteiger partial charge on any atom is -0.461 e. The molecule has 0 spiro atoms. The predicted octanol–water partition coefficient (Wildman–Crippen LogP) is 0.855. The molecule has 0 saturated heterocycles. The minimum atomic E-state index is -0.494. The van der Waals surface area contributed by atoms with Crippen LogP contribution in [0.3, 0.4) is 0 Å². The molecule has 1 amide bonds. The summed E-state index contributed by atoms with van der Waals surface area (Å²) >= 11 is 0. The lowest BCUT2D eigenvalue weighted by Gasteiger charge is -2.10. The van der Waals surface area contributed by atoms with E-state index in [1.54, 1.807) is 32.0 Å². The van der Waals surface area contributed by atoms with E-state index >= 15 is 0 Å². The molecular weight excluding hydrogens is 220 g/mol. The van der Waals surface area contributed by atoms with E-state index in [-0.39, 0.29) is 6.61 Å². The predicted molar refractivity (Wildman–Crippen MR) is 64.2 cm³/mol. The highest BCUT2D eigenvalue weighted by atomic mass is 16.5. The van der Waals surface area contributed by atoms with E-state index in [1.807, 2.05) is 0 Å². The molecule has 0 aliphatic carbocycles. The topological polar surface area (TPSA) is 95.4 Å². The van der Waals surface area contributed by atoms with Gasteiger partial charge in [-0.05, 0) is 30.7 Å². The molecule has 1 rings (SSSR count). The average Bonchev–Trinajstić information content (AvgIpc) is 2.25. The number of ether oxygens (including phenoxy) is 1. The number of benzene rings is 1. The van der Waals surface area contributed by atoms with Gasteiger partial charge in [0.15, 0.2) is 0 Å². The molecule has 17 heavy (non-hydrogen) atoms. The number of aryl methyl sites for hydroxylation is 1. The number of anilines is 1. The second-order valence-electron chi connectivity index (χ2n) is 3.98. The van der Waals surface area contributed by atoms with Crippen molar-refractivity contribution in [3.8, 4) is 0 Å². The Hall–Kier alpha value is -2.04. The Kier molecular flexibility index (Phi) is 4.09. The summed E-state index contributed by atoms with van der Waals surface area (Å²) in [6.45, 7) is 3.36. The van der Waals surface area contributed by atoms with Crippen LogP contribution in [0.5, 0.6) is 0 Å².